The van der Waals surface area contributed by atoms with Crippen molar-refractivity contribution >= 4 is 67.9 Å². The molecule has 17 rings (SSSR count). The number of rotatable bonds is 4. The molecule has 0 saturated heterocycles. The maximum Gasteiger partial charge on any atom is 0.264 e. The first-order valence-electron chi connectivity index (χ1n) is 27.4. The predicted molar refractivity (Wildman–Crippen MR) is 327 cm³/mol. The number of thiophene rings is 1. The molecule has 2 aliphatic heterocycles. The minimum Gasteiger partial charge on any atom is -0.311 e. The number of benzene rings is 11. The lowest BCUT2D eigenvalue weighted by atomic mass is 9.36. The van der Waals surface area contributed by atoms with E-state index in [0.717, 1.165) is 11.4 Å². The molecule has 0 unspecified atom stereocenters. The molecule has 11 aromatic carbocycles. The van der Waals surface area contributed by atoms with E-state index in [9.17, 15) is 0 Å². The standard InChI is InChI=1S/C74H49BN2S/c1-46-36-40-51(41-37-46)77-66-35-19-34-65-69(66)75(64-43-39-49(45-67(64)76(65)50-22-7-4-8-23-50)56-44-47(2)38-42-52(56)48-20-5-3-6-21-48)72-70(77)68-55-26-11-14-29-59(55)74(71(68)78-72)62-32-17-15-30-60(62)73(61-31-16-18-33-63(61)74)57-27-12-9-24-53(57)54-25-10-13-28-58(54)73/h3-45H,1-2H3. The lowest BCUT2D eigenvalue weighted by molar-refractivity contribution is 0.639. The van der Waals surface area contributed by atoms with Crippen LogP contribution in [0.2, 0.25) is 0 Å². The number of anilines is 6. The van der Waals surface area contributed by atoms with Crippen molar-refractivity contribution in [2.45, 2.75) is 24.7 Å². The van der Waals surface area contributed by atoms with Gasteiger partial charge >= 0.3 is 0 Å². The van der Waals surface area contributed by atoms with Gasteiger partial charge in [0.25, 0.3) is 6.71 Å². The highest BCUT2D eigenvalue weighted by Crippen LogP contribution is 2.70. The molecule has 12 aromatic rings. The van der Waals surface area contributed by atoms with Gasteiger partial charge in [-0.25, -0.2) is 0 Å². The molecular formula is C74H49BN2S. The fraction of sp³-hybridized carbons (Fsp3) is 0.0541. The van der Waals surface area contributed by atoms with Crippen LogP contribution in [0.4, 0.5) is 34.1 Å². The van der Waals surface area contributed by atoms with Crippen LogP contribution in [0.3, 0.4) is 0 Å². The summed E-state index contributed by atoms with van der Waals surface area (Å²) in [5, 5.41) is 0. The Morgan fingerprint density at radius 3 is 1.50 bits per heavy atom. The summed E-state index contributed by atoms with van der Waals surface area (Å²) in [5.41, 5.74) is 30.9. The molecule has 0 radical (unpaired) electrons. The van der Waals surface area contributed by atoms with Gasteiger partial charge in [-0.2, -0.15) is 0 Å². The van der Waals surface area contributed by atoms with Gasteiger partial charge < -0.3 is 9.80 Å². The molecule has 1 aromatic heterocycles. The van der Waals surface area contributed by atoms with Crippen LogP contribution in [0, 0.1) is 13.8 Å². The molecule has 3 aliphatic carbocycles. The van der Waals surface area contributed by atoms with Gasteiger partial charge in [-0.05, 0) is 145 Å². The van der Waals surface area contributed by atoms with Crippen LogP contribution in [0.25, 0.3) is 44.5 Å². The molecule has 4 heteroatoms. The summed E-state index contributed by atoms with van der Waals surface area (Å²) in [6, 6.07) is 99.4. The summed E-state index contributed by atoms with van der Waals surface area (Å²) in [6.45, 7) is 4.35. The first kappa shape index (κ1) is 44.0. The van der Waals surface area contributed by atoms with Crippen LogP contribution in [0.5, 0.6) is 0 Å². The summed E-state index contributed by atoms with van der Waals surface area (Å²) >= 11 is 2.06. The van der Waals surface area contributed by atoms with Crippen LogP contribution in [-0.2, 0) is 10.8 Å². The molecule has 0 saturated carbocycles. The highest BCUT2D eigenvalue weighted by Gasteiger charge is 2.61. The Bertz CT molecular complexity index is 4400. The molecule has 5 aliphatic rings. The molecule has 0 amide bonds. The summed E-state index contributed by atoms with van der Waals surface area (Å²) in [7, 11) is 0. The minimum absolute atomic E-state index is 0.0585. The number of para-hydroxylation sites is 1. The SMILES string of the molecule is Cc1ccc(N2c3cccc4c3B(c3ccc(-c5cc(C)ccc5-c5ccccc5)cc3N4c3ccccc3)c3sc4c(c32)-c2ccccc2C42c3ccccc3C3(c4ccccc4-c4ccccc43)c3ccccc32)cc1. The molecular weight excluding hydrogens is 960 g/mol. The minimum atomic E-state index is -0.622. The van der Waals surface area contributed by atoms with Gasteiger partial charge in [-0.15, -0.1) is 11.3 Å². The predicted octanol–water partition coefficient (Wildman–Crippen LogP) is 16.8. The van der Waals surface area contributed by atoms with E-state index in [2.05, 4.69) is 296 Å². The van der Waals surface area contributed by atoms with Crippen LogP contribution < -0.4 is 25.5 Å². The smallest absolute Gasteiger partial charge is 0.264 e. The van der Waals surface area contributed by atoms with Crippen molar-refractivity contribution in [2.75, 3.05) is 9.80 Å². The van der Waals surface area contributed by atoms with Crippen molar-refractivity contribution in [1.82, 2.24) is 0 Å². The number of hydrogen-bond acceptors (Lipinski definition) is 3. The van der Waals surface area contributed by atoms with E-state index in [4.69, 9.17) is 0 Å². The number of hydrogen-bond donors (Lipinski definition) is 0. The zero-order valence-corrected chi connectivity index (χ0v) is 44.0. The van der Waals surface area contributed by atoms with Crippen LogP contribution in [0.1, 0.15) is 54.9 Å². The van der Waals surface area contributed by atoms with Crippen molar-refractivity contribution in [2.24, 2.45) is 0 Å². The van der Waals surface area contributed by atoms with Crippen LogP contribution in [0.15, 0.2) is 261 Å². The van der Waals surface area contributed by atoms with E-state index >= 15 is 0 Å². The lowest BCUT2D eigenvalue weighted by Crippen LogP contribution is -2.60. The maximum atomic E-state index is 2.64. The Labute approximate surface area is 459 Å². The molecule has 2 spiro atoms. The second-order valence-electron chi connectivity index (χ2n) is 21.9. The average Bonchev–Trinajstić information content (AvgIpc) is 4.30. The van der Waals surface area contributed by atoms with Gasteiger partial charge in [0.1, 0.15) is 0 Å². The van der Waals surface area contributed by atoms with E-state index in [1.807, 2.05) is 0 Å². The zero-order valence-electron chi connectivity index (χ0n) is 43.2. The van der Waals surface area contributed by atoms with Gasteiger partial charge in [0.2, 0.25) is 0 Å². The Balaban J connectivity index is 0.986. The number of aryl methyl sites for hydroxylation is 2. The summed E-state index contributed by atoms with van der Waals surface area (Å²) in [6.07, 6.45) is 0. The number of fused-ring (bicyclic) bond motifs is 21. The lowest BCUT2D eigenvalue weighted by Gasteiger charge is -2.48. The second-order valence-corrected chi connectivity index (χ2v) is 23.0. The third-order valence-corrected chi connectivity index (χ3v) is 19.4. The Morgan fingerprint density at radius 1 is 0.346 bits per heavy atom. The molecule has 78 heavy (non-hydrogen) atoms. The van der Waals surface area contributed by atoms with Gasteiger partial charge in [0, 0.05) is 43.7 Å². The van der Waals surface area contributed by atoms with Crippen molar-refractivity contribution in [1.29, 1.82) is 0 Å². The average molecular weight is 1010 g/mol. The highest BCUT2D eigenvalue weighted by molar-refractivity contribution is 7.30. The Hall–Kier alpha value is -9.22. The molecule has 3 heterocycles. The quantitative estimate of drug-likeness (QED) is 0.162. The van der Waals surface area contributed by atoms with E-state index in [1.54, 1.807) is 0 Å². The third-order valence-electron chi connectivity index (χ3n) is 18.0. The van der Waals surface area contributed by atoms with Crippen molar-refractivity contribution < 1.29 is 0 Å². The Morgan fingerprint density at radius 2 is 0.859 bits per heavy atom. The molecule has 0 N–H and O–H groups in total. The summed E-state index contributed by atoms with van der Waals surface area (Å²) in [5.74, 6) is 0. The summed E-state index contributed by atoms with van der Waals surface area (Å²) in [4.78, 5) is 6.58. The van der Waals surface area contributed by atoms with Gasteiger partial charge in [0.05, 0.1) is 16.5 Å². The molecule has 2 nitrogen and oxygen atoms in total. The largest absolute Gasteiger partial charge is 0.311 e. The maximum absolute atomic E-state index is 2.64. The van der Waals surface area contributed by atoms with Crippen molar-refractivity contribution in [3.8, 4) is 44.5 Å². The molecule has 0 fully saturated rings. The fourth-order valence-corrected chi connectivity index (χ4v) is 16.7. The van der Waals surface area contributed by atoms with Crippen LogP contribution >= 0.6 is 11.3 Å². The van der Waals surface area contributed by atoms with E-state index in [-0.39, 0.29) is 6.71 Å². The third kappa shape index (κ3) is 5.57. The topological polar surface area (TPSA) is 6.48 Å². The number of nitrogens with zero attached hydrogens (tertiary/aromatic N) is 2. The van der Waals surface area contributed by atoms with E-state index in [1.165, 1.54) is 138 Å². The Kier molecular flexibility index (Phi) is 9.11. The first-order valence-corrected chi connectivity index (χ1v) is 28.2. The van der Waals surface area contributed by atoms with Gasteiger partial charge in [-0.1, -0.05) is 230 Å². The monoisotopic (exact) mass is 1010 g/mol. The van der Waals surface area contributed by atoms with Crippen molar-refractivity contribution in [3.05, 3.63) is 316 Å². The van der Waals surface area contributed by atoms with Crippen LogP contribution in [-0.4, -0.2) is 6.71 Å². The first-order chi connectivity index (χ1) is 38.5. The highest BCUT2D eigenvalue weighted by atomic mass is 32.1. The molecule has 364 valence electrons. The van der Waals surface area contributed by atoms with Gasteiger partial charge in [0.15, 0.2) is 0 Å². The van der Waals surface area contributed by atoms with Crippen molar-refractivity contribution in [3.63, 3.8) is 0 Å². The second kappa shape index (κ2) is 16.2. The normalized spacial score (nSPS) is 14.7. The van der Waals surface area contributed by atoms with E-state index < -0.39 is 10.8 Å². The van der Waals surface area contributed by atoms with Gasteiger partial charge in [-0.3, -0.25) is 0 Å². The molecule has 0 bridgehead atoms. The molecule has 0 atom stereocenters. The fourth-order valence-electron chi connectivity index (χ4n) is 15.1. The zero-order chi connectivity index (χ0) is 51.4. The summed E-state index contributed by atoms with van der Waals surface area (Å²) < 4.78 is 1.38. The van der Waals surface area contributed by atoms with E-state index in [0.29, 0.717) is 0 Å².